The molecule has 1 aliphatic rings. The Balaban J connectivity index is 1.63. The second-order valence-electron chi connectivity index (χ2n) is 7.85. The van der Waals surface area contributed by atoms with Gasteiger partial charge in [0.25, 0.3) is 0 Å². The quantitative estimate of drug-likeness (QED) is 0.359. The van der Waals surface area contributed by atoms with E-state index in [1.165, 1.54) is 4.70 Å². The first-order valence-corrected chi connectivity index (χ1v) is 11.4. The van der Waals surface area contributed by atoms with E-state index in [1.807, 2.05) is 30.3 Å². The fourth-order valence-corrected chi connectivity index (χ4v) is 5.76. The topological polar surface area (TPSA) is 51.9 Å². The number of anilines is 1. The summed E-state index contributed by atoms with van der Waals surface area (Å²) >= 11 is 1.73. The molecule has 0 amide bonds. The van der Waals surface area contributed by atoms with Gasteiger partial charge in [0.15, 0.2) is 11.3 Å². The highest BCUT2D eigenvalue weighted by molar-refractivity contribution is 7.26. The number of hydrogen-bond donors (Lipinski definition) is 0. The molecule has 0 N–H and O–H groups in total. The number of fused-ring (bicyclic) bond motifs is 4. The molecule has 160 valence electrons. The van der Waals surface area contributed by atoms with E-state index in [0.717, 1.165) is 32.3 Å². The van der Waals surface area contributed by atoms with Crippen LogP contribution in [0.2, 0.25) is 0 Å². The molecule has 0 spiro atoms. The molecule has 5 nitrogen and oxygen atoms in total. The zero-order valence-electron chi connectivity index (χ0n) is 17.6. The molecule has 6 heteroatoms. The van der Waals surface area contributed by atoms with E-state index >= 15 is 0 Å². The van der Waals surface area contributed by atoms with Crippen molar-refractivity contribution in [1.29, 1.82) is 0 Å². The average Bonchev–Trinajstić information content (AvgIpc) is 3.23. The monoisotopic (exact) mass is 443 g/mol. The summed E-state index contributed by atoms with van der Waals surface area (Å²) in [5.41, 5.74) is 2.57. The lowest BCUT2D eigenvalue weighted by atomic mass is 10.0. The van der Waals surface area contributed by atoms with Crippen molar-refractivity contribution in [2.45, 2.75) is 0 Å². The van der Waals surface area contributed by atoms with Gasteiger partial charge >= 0.3 is 0 Å². The van der Waals surface area contributed by atoms with Crippen molar-refractivity contribution in [2.24, 2.45) is 0 Å². The number of morpholine rings is 1. The van der Waals surface area contributed by atoms with E-state index in [4.69, 9.17) is 13.9 Å². The fourth-order valence-electron chi connectivity index (χ4n) is 4.51. The molecule has 3 heterocycles. The molecule has 5 aromatic rings. The Morgan fingerprint density at radius 1 is 0.938 bits per heavy atom. The maximum absolute atomic E-state index is 13.0. The van der Waals surface area contributed by atoms with Gasteiger partial charge in [0.05, 0.1) is 25.7 Å². The Morgan fingerprint density at radius 2 is 1.69 bits per heavy atom. The van der Waals surface area contributed by atoms with Crippen molar-refractivity contribution < 1.29 is 13.9 Å². The van der Waals surface area contributed by atoms with Crippen molar-refractivity contribution in [3.63, 3.8) is 0 Å². The fraction of sp³-hybridized carbons (Fsp3) is 0.192. The van der Waals surface area contributed by atoms with Crippen LogP contribution in [0.15, 0.2) is 69.9 Å². The van der Waals surface area contributed by atoms with Crippen LogP contribution in [-0.4, -0.2) is 33.4 Å². The summed E-state index contributed by atoms with van der Waals surface area (Å²) in [5.74, 6) is 1.47. The SMILES string of the molecule is COc1cccc2sc3c(-c4cccc5c(=O)cc(N6CCOCC6)oc45)cccc3c12. The molecular weight excluding hydrogens is 422 g/mol. The summed E-state index contributed by atoms with van der Waals surface area (Å²) in [4.78, 5) is 15.1. The van der Waals surface area contributed by atoms with E-state index in [9.17, 15) is 4.79 Å². The number of para-hydroxylation sites is 1. The van der Waals surface area contributed by atoms with E-state index in [2.05, 4.69) is 29.2 Å². The standard InChI is InChI=1S/C26H21NO4S/c1-29-21-9-4-10-22-24(21)19-8-3-6-17(26(19)32-22)16-5-2-7-18-20(28)15-23(31-25(16)18)27-11-13-30-14-12-27/h2-10,15H,11-14H2,1H3. The minimum Gasteiger partial charge on any atom is -0.496 e. The summed E-state index contributed by atoms with van der Waals surface area (Å²) in [6.45, 7) is 2.68. The molecule has 0 unspecified atom stereocenters. The third kappa shape index (κ3) is 2.98. The van der Waals surface area contributed by atoms with Gasteiger partial charge in [-0.05, 0) is 18.2 Å². The van der Waals surface area contributed by atoms with Gasteiger partial charge in [0.1, 0.15) is 11.3 Å². The average molecular weight is 444 g/mol. The number of methoxy groups -OCH3 is 1. The van der Waals surface area contributed by atoms with Gasteiger partial charge < -0.3 is 18.8 Å². The number of rotatable bonds is 3. The van der Waals surface area contributed by atoms with E-state index in [1.54, 1.807) is 24.5 Å². The second kappa shape index (κ2) is 7.65. The first kappa shape index (κ1) is 19.3. The number of ether oxygens (including phenoxy) is 2. The largest absolute Gasteiger partial charge is 0.496 e. The number of nitrogens with zero attached hydrogens (tertiary/aromatic N) is 1. The molecule has 2 aromatic heterocycles. The number of benzene rings is 3. The molecule has 0 bridgehead atoms. The van der Waals surface area contributed by atoms with Crippen LogP contribution >= 0.6 is 11.3 Å². The number of hydrogen-bond acceptors (Lipinski definition) is 6. The van der Waals surface area contributed by atoms with E-state index < -0.39 is 0 Å². The number of thiophene rings is 1. The van der Waals surface area contributed by atoms with Crippen molar-refractivity contribution in [1.82, 2.24) is 0 Å². The van der Waals surface area contributed by atoms with Crippen LogP contribution in [0.4, 0.5) is 5.88 Å². The Morgan fingerprint density at radius 3 is 2.50 bits per heavy atom. The molecule has 0 atom stereocenters. The maximum Gasteiger partial charge on any atom is 0.200 e. The van der Waals surface area contributed by atoms with Gasteiger partial charge in [-0.1, -0.05) is 36.4 Å². The van der Waals surface area contributed by atoms with Crippen molar-refractivity contribution in [3.8, 4) is 16.9 Å². The van der Waals surface area contributed by atoms with Gasteiger partial charge in [-0.15, -0.1) is 11.3 Å². The molecule has 32 heavy (non-hydrogen) atoms. The Hall–Kier alpha value is -3.35. The summed E-state index contributed by atoms with van der Waals surface area (Å²) in [7, 11) is 1.70. The summed E-state index contributed by atoms with van der Waals surface area (Å²) in [6.07, 6.45) is 0. The van der Waals surface area contributed by atoms with Gasteiger partial charge in [-0.25, -0.2) is 0 Å². The lowest BCUT2D eigenvalue weighted by Gasteiger charge is -2.27. The highest BCUT2D eigenvalue weighted by Crippen LogP contribution is 2.44. The van der Waals surface area contributed by atoms with Crippen molar-refractivity contribution in [2.75, 3.05) is 38.3 Å². The third-order valence-corrected chi connectivity index (χ3v) is 7.26. The van der Waals surface area contributed by atoms with Crippen molar-refractivity contribution >= 4 is 48.4 Å². The minimum atomic E-state index is -0.0280. The molecule has 6 rings (SSSR count). The zero-order chi connectivity index (χ0) is 21.7. The van der Waals surface area contributed by atoms with Gasteiger partial charge in [-0.3, -0.25) is 4.79 Å². The van der Waals surface area contributed by atoms with Crippen LogP contribution in [0.3, 0.4) is 0 Å². The van der Waals surface area contributed by atoms with Crippen LogP contribution in [0.5, 0.6) is 5.75 Å². The van der Waals surface area contributed by atoms with Crippen molar-refractivity contribution in [3.05, 3.63) is 70.9 Å². The lowest BCUT2D eigenvalue weighted by Crippen LogP contribution is -2.36. The highest BCUT2D eigenvalue weighted by atomic mass is 32.1. The summed E-state index contributed by atoms with van der Waals surface area (Å²) in [6, 6.07) is 19.8. The predicted molar refractivity (Wildman–Crippen MR) is 130 cm³/mol. The minimum absolute atomic E-state index is 0.0280. The molecule has 3 aromatic carbocycles. The van der Waals surface area contributed by atoms with Gasteiger partial charge in [-0.2, -0.15) is 0 Å². The maximum atomic E-state index is 13.0. The van der Waals surface area contributed by atoms with Crippen LogP contribution in [-0.2, 0) is 4.74 Å². The zero-order valence-corrected chi connectivity index (χ0v) is 18.4. The summed E-state index contributed by atoms with van der Waals surface area (Å²) < 4.78 is 19.8. The first-order chi connectivity index (χ1) is 15.7. The van der Waals surface area contributed by atoms with Gasteiger partial charge in [0, 0.05) is 50.5 Å². The molecular formula is C26H21NO4S. The van der Waals surface area contributed by atoms with Gasteiger partial charge in [0.2, 0.25) is 0 Å². The molecule has 0 aliphatic carbocycles. The Labute approximate surface area is 188 Å². The molecule has 1 saturated heterocycles. The molecule has 0 saturated carbocycles. The van der Waals surface area contributed by atoms with Crippen LogP contribution < -0.4 is 15.1 Å². The van der Waals surface area contributed by atoms with Crippen LogP contribution in [0.1, 0.15) is 0 Å². The molecule has 1 fully saturated rings. The van der Waals surface area contributed by atoms with Crippen LogP contribution in [0.25, 0.3) is 42.3 Å². The first-order valence-electron chi connectivity index (χ1n) is 10.6. The van der Waals surface area contributed by atoms with Crippen LogP contribution in [0, 0.1) is 0 Å². The predicted octanol–water partition coefficient (Wildman–Crippen LogP) is 5.67. The lowest BCUT2D eigenvalue weighted by molar-refractivity contribution is 0.121. The Kier molecular flexibility index (Phi) is 4.63. The normalized spacial score (nSPS) is 14.5. The third-order valence-electron chi connectivity index (χ3n) is 6.06. The Bertz CT molecular complexity index is 1530. The molecule has 0 radical (unpaired) electrons. The van der Waals surface area contributed by atoms with E-state index in [0.29, 0.717) is 43.2 Å². The van der Waals surface area contributed by atoms with E-state index in [-0.39, 0.29) is 5.43 Å². The summed E-state index contributed by atoms with van der Waals surface area (Å²) in [5, 5.41) is 2.85. The highest BCUT2D eigenvalue weighted by Gasteiger charge is 2.19. The molecule has 1 aliphatic heterocycles. The second-order valence-corrected chi connectivity index (χ2v) is 8.90. The smallest absolute Gasteiger partial charge is 0.200 e.